The second-order valence-electron chi connectivity index (χ2n) is 5.82. The molecule has 0 bridgehead atoms. The van der Waals surface area contributed by atoms with E-state index in [2.05, 4.69) is 36.5 Å². The van der Waals surface area contributed by atoms with Crippen LogP contribution in [0.25, 0.3) is 0 Å². The van der Waals surface area contributed by atoms with Gasteiger partial charge in [-0.1, -0.05) is 31.9 Å². The molecule has 118 valence electrons. The maximum Gasteiger partial charge on any atom is 0.119 e. The van der Waals surface area contributed by atoms with Gasteiger partial charge in [0, 0.05) is 19.7 Å². The molecule has 0 aliphatic carbocycles. The zero-order chi connectivity index (χ0) is 14.8. The highest BCUT2D eigenvalue weighted by molar-refractivity contribution is 5.27. The van der Waals surface area contributed by atoms with Gasteiger partial charge in [-0.25, -0.2) is 0 Å². The number of rotatable bonds is 9. The van der Waals surface area contributed by atoms with Gasteiger partial charge < -0.3 is 14.8 Å². The third-order valence-electron chi connectivity index (χ3n) is 3.92. The lowest BCUT2D eigenvalue weighted by Crippen LogP contribution is -2.31. The van der Waals surface area contributed by atoms with Gasteiger partial charge in [-0.05, 0) is 43.4 Å². The van der Waals surface area contributed by atoms with Crippen molar-refractivity contribution in [2.45, 2.75) is 58.1 Å². The molecule has 1 fully saturated rings. The van der Waals surface area contributed by atoms with Crippen LogP contribution in [-0.4, -0.2) is 25.9 Å². The van der Waals surface area contributed by atoms with E-state index in [-0.39, 0.29) is 0 Å². The second kappa shape index (κ2) is 9.80. The Bertz CT molecular complexity index is 371. The van der Waals surface area contributed by atoms with Gasteiger partial charge in [0.25, 0.3) is 0 Å². The Morgan fingerprint density at radius 2 is 2.05 bits per heavy atom. The second-order valence-corrected chi connectivity index (χ2v) is 5.82. The van der Waals surface area contributed by atoms with Crippen molar-refractivity contribution in [3.8, 4) is 5.75 Å². The van der Waals surface area contributed by atoms with Gasteiger partial charge in [0.15, 0.2) is 0 Å². The van der Waals surface area contributed by atoms with Crippen molar-refractivity contribution >= 4 is 0 Å². The van der Waals surface area contributed by atoms with Crippen molar-refractivity contribution in [1.29, 1.82) is 0 Å². The molecule has 3 heteroatoms. The Kier molecular flexibility index (Phi) is 7.61. The normalized spacial score (nSPS) is 18.6. The highest BCUT2D eigenvalue weighted by Gasteiger charge is 2.12. The van der Waals surface area contributed by atoms with Crippen LogP contribution in [0.3, 0.4) is 0 Å². The number of hydrogen-bond donors (Lipinski definition) is 1. The van der Waals surface area contributed by atoms with E-state index in [0.29, 0.717) is 6.10 Å². The summed E-state index contributed by atoms with van der Waals surface area (Å²) in [6.45, 7) is 5.81. The monoisotopic (exact) mass is 291 g/mol. The van der Waals surface area contributed by atoms with Crippen LogP contribution in [0, 0.1) is 0 Å². The maximum atomic E-state index is 5.72. The molecule has 0 aromatic heterocycles. The topological polar surface area (TPSA) is 30.5 Å². The minimum absolute atomic E-state index is 0.403. The van der Waals surface area contributed by atoms with E-state index in [0.717, 1.165) is 38.5 Å². The van der Waals surface area contributed by atoms with Crippen LogP contribution in [0.2, 0.25) is 0 Å². The smallest absolute Gasteiger partial charge is 0.119 e. The standard InChI is InChI=1S/C18H29NO2/c1-2-3-5-12-20-17-10-8-16(9-11-17)14-19-15-18-7-4-6-13-21-18/h8-11,18-19H,2-7,12-15H2,1H3. The summed E-state index contributed by atoms with van der Waals surface area (Å²) in [7, 11) is 0. The van der Waals surface area contributed by atoms with Crippen LogP contribution in [0.5, 0.6) is 5.75 Å². The Morgan fingerprint density at radius 1 is 1.19 bits per heavy atom. The van der Waals surface area contributed by atoms with Crippen LogP contribution >= 0.6 is 0 Å². The molecular formula is C18H29NO2. The van der Waals surface area contributed by atoms with Crippen LogP contribution in [0.1, 0.15) is 51.0 Å². The van der Waals surface area contributed by atoms with Crippen molar-refractivity contribution in [2.24, 2.45) is 0 Å². The summed E-state index contributed by atoms with van der Waals surface area (Å²) in [6, 6.07) is 8.42. The van der Waals surface area contributed by atoms with E-state index in [1.165, 1.54) is 37.7 Å². The van der Waals surface area contributed by atoms with E-state index in [1.54, 1.807) is 0 Å². The van der Waals surface area contributed by atoms with Crippen molar-refractivity contribution < 1.29 is 9.47 Å². The Morgan fingerprint density at radius 3 is 2.76 bits per heavy atom. The van der Waals surface area contributed by atoms with Crippen LogP contribution < -0.4 is 10.1 Å². The molecule has 1 unspecified atom stereocenters. The largest absolute Gasteiger partial charge is 0.494 e. The Labute approximate surface area is 129 Å². The Balaban J connectivity index is 1.62. The SMILES string of the molecule is CCCCCOc1ccc(CNCC2CCCCO2)cc1. The molecule has 0 saturated carbocycles. The molecule has 2 rings (SSSR count). The third-order valence-corrected chi connectivity index (χ3v) is 3.92. The fourth-order valence-corrected chi connectivity index (χ4v) is 2.59. The highest BCUT2D eigenvalue weighted by atomic mass is 16.5. The molecule has 1 aliphatic rings. The first-order valence-corrected chi connectivity index (χ1v) is 8.42. The van der Waals surface area contributed by atoms with E-state index >= 15 is 0 Å². The van der Waals surface area contributed by atoms with Gasteiger partial charge in [0.2, 0.25) is 0 Å². The lowest BCUT2D eigenvalue weighted by atomic mass is 10.1. The third kappa shape index (κ3) is 6.49. The van der Waals surface area contributed by atoms with Gasteiger partial charge in [0.05, 0.1) is 12.7 Å². The predicted octanol–water partition coefficient (Wildman–Crippen LogP) is 3.91. The van der Waals surface area contributed by atoms with Gasteiger partial charge in [-0.15, -0.1) is 0 Å². The van der Waals surface area contributed by atoms with E-state index < -0.39 is 0 Å². The first-order chi connectivity index (χ1) is 10.4. The first-order valence-electron chi connectivity index (χ1n) is 8.42. The molecule has 0 radical (unpaired) electrons. The summed E-state index contributed by atoms with van der Waals surface area (Å²) in [5, 5.41) is 3.48. The van der Waals surface area contributed by atoms with E-state index in [1.807, 2.05) is 0 Å². The average Bonchev–Trinajstić information content (AvgIpc) is 2.54. The zero-order valence-corrected chi connectivity index (χ0v) is 13.3. The molecule has 1 N–H and O–H groups in total. The van der Waals surface area contributed by atoms with Gasteiger partial charge in [-0.2, -0.15) is 0 Å². The summed E-state index contributed by atoms with van der Waals surface area (Å²) in [5.41, 5.74) is 1.30. The highest BCUT2D eigenvalue weighted by Crippen LogP contribution is 2.14. The van der Waals surface area contributed by atoms with Gasteiger partial charge >= 0.3 is 0 Å². The molecule has 3 nitrogen and oxygen atoms in total. The van der Waals surface area contributed by atoms with Crippen molar-refractivity contribution in [2.75, 3.05) is 19.8 Å². The fourth-order valence-electron chi connectivity index (χ4n) is 2.59. The molecule has 1 aliphatic heterocycles. The van der Waals surface area contributed by atoms with Gasteiger partial charge in [-0.3, -0.25) is 0 Å². The minimum atomic E-state index is 0.403. The lowest BCUT2D eigenvalue weighted by molar-refractivity contribution is 0.0168. The number of ether oxygens (including phenoxy) is 2. The molecule has 1 atom stereocenters. The van der Waals surface area contributed by atoms with Crippen LogP contribution in [0.15, 0.2) is 24.3 Å². The quantitative estimate of drug-likeness (QED) is 0.700. The predicted molar refractivity (Wildman–Crippen MR) is 86.8 cm³/mol. The number of unbranched alkanes of at least 4 members (excludes halogenated alkanes) is 2. The number of benzene rings is 1. The molecule has 1 heterocycles. The van der Waals surface area contributed by atoms with Crippen LogP contribution in [-0.2, 0) is 11.3 Å². The zero-order valence-electron chi connectivity index (χ0n) is 13.3. The summed E-state index contributed by atoms with van der Waals surface area (Å²) in [6.07, 6.45) is 7.73. The lowest BCUT2D eigenvalue weighted by Gasteiger charge is -2.22. The van der Waals surface area contributed by atoms with Crippen molar-refractivity contribution in [3.63, 3.8) is 0 Å². The van der Waals surface area contributed by atoms with Crippen molar-refractivity contribution in [1.82, 2.24) is 5.32 Å². The fraction of sp³-hybridized carbons (Fsp3) is 0.667. The minimum Gasteiger partial charge on any atom is -0.494 e. The van der Waals surface area contributed by atoms with E-state index in [9.17, 15) is 0 Å². The average molecular weight is 291 g/mol. The molecule has 1 aromatic rings. The Hall–Kier alpha value is -1.06. The molecule has 1 aromatic carbocycles. The molecule has 21 heavy (non-hydrogen) atoms. The van der Waals surface area contributed by atoms with Gasteiger partial charge in [0.1, 0.15) is 5.75 Å². The first kappa shape index (κ1) is 16.3. The molecule has 1 saturated heterocycles. The number of nitrogens with one attached hydrogen (secondary N) is 1. The van der Waals surface area contributed by atoms with Crippen LogP contribution in [0.4, 0.5) is 0 Å². The summed E-state index contributed by atoms with van der Waals surface area (Å²) in [5.74, 6) is 0.977. The molecule has 0 spiro atoms. The van der Waals surface area contributed by atoms with E-state index in [4.69, 9.17) is 9.47 Å². The maximum absolute atomic E-state index is 5.72. The van der Waals surface area contributed by atoms with Crippen molar-refractivity contribution in [3.05, 3.63) is 29.8 Å². The summed E-state index contributed by atoms with van der Waals surface area (Å²) < 4.78 is 11.4. The number of hydrogen-bond acceptors (Lipinski definition) is 3. The summed E-state index contributed by atoms with van der Waals surface area (Å²) >= 11 is 0. The molecule has 0 amide bonds. The molecular weight excluding hydrogens is 262 g/mol. The summed E-state index contributed by atoms with van der Waals surface area (Å²) in [4.78, 5) is 0.